The van der Waals surface area contributed by atoms with E-state index in [0.29, 0.717) is 5.02 Å². The molecule has 0 saturated heterocycles. The maximum Gasteiger partial charge on any atom is 0.236 e. The van der Waals surface area contributed by atoms with E-state index in [1.807, 2.05) is 6.92 Å². The summed E-state index contributed by atoms with van der Waals surface area (Å²) in [4.78, 5) is 11.0. The predicted molar refractivity (Wildman–Crippen MR) is 54.0 cm³/mol. The van der Waals surface area contributed by atoms with Gasteiger partial charge in [0.15, 0.2) is 0 Å². The fourth-order valence-electron chi connectivity index (χ4n) is 1.31. The maximum atomic E-state index is 11.0. The molecule has 0 aliphatic heterocycles. The second-order valence-corrected chi connectivity index (χ2v) is 3.48. The third-order valence-corrected chi connectivity index (χ3v) is 2.28. The minimum atomic E-state index is -0.453. The van der Waals surface area contributed by atoms with Crippen LogP contribution in [0.15, 0.2) is 12.4 Å². The van der Waals surface area contributed by atoms with Crippen LogP contribution < -0.4 is 11.1 Å². The first-order chi connectivity index (χ1) is 6.56. The first kappa shape index (κ1) is 11.0. The van der Waals surface area contributed by atoms with E-state index < -0.39 is 11.9 Å². The van der Waals surface area contributed by atoms with Crippen LogP contribution in [0.5, 0.6) is 0 Å². The van der Waals surface area contributed by atoms with Crippen molar-refractivity contribution in [3.05, 3.63) is 17.4 Å². The topological polar surface area (TPSA) is 72.9 Å². The number of carbonyl (C=O) groups excluding carboxylic acids is 1. The van der Waals surface area contributed by atoms with Crippen LogP contribution in [0.2, 0.25) is 5.02 Å². The Labute approximate surface area is 87.2 Å². The summed E-state index contributed by atoms with van der Waals surface area (Å²) in [7, 11) is 1.68. The van der Waals surface area contributed by atoms with Gasteiger partial charge in [-0.3, -0.25) is 9.48 Å². The van der Waals surface area contributed by atoms with Gasteiger partial charge < -0.3 is 11.1 Å². The molecule has 0 aliphatic carbocycles. The van der Waals surface area contributed by atoms with Crippen molar-refractivity contribution in [1.82, 2.24) is 15.1 Å². The Bertz CT molecular complexity index is 325. The molecule has 0 saturated carbocycles. The highest BCUT2D eigenvalue weighted by atomic mass is 35.5. The number of carbonyl (C=O) groups is 1. The molecule has 0 radical (unpaired) electrons. The number of aromatic nitrogens is 2. The van der Waals surface area contributed by atoms with Gasteiger partial charge in [-0.2, -0.15) is 5.10 Å². The predicted octanol–water partition coefficient (Wildman–Crippen LogP) is 0.171. The molecule has 3 N–H and O–H groups in total. The Morgan fingerprint density at radius 3 is 2.79 bits per heavy atom. The van der Waals surface area contributed by atoms with Gasteiger partial charge in [-0.1, -0.05) is 11.6 Å². The zero-order chi connectivity index (χ0) is 10.7. The molecule has 1 heterocycles. The van der Waals surface area contributed by atoms with E-state index in [-0.39, 0.29) is 6.04 Å². The number of halogens is 1. The number of hydrogen-bond donors (Lipinski definition) is 2. The highest BCUT2D eigenvalue weighted by Gasteiger charge is 2.22. The number of primary amides is 1. The molecule has 5 nitrogen and oxygen atoms in total. The van der Waals surface area contributed by atoms with Gasteiger partial charge in [0.25, 0.3) is 0 Å². The van der Waals surface area contributed by atoms with Crippen LogP contribution in [0.1, 0.15) is 13.0 Å². The van der Waals surface area contributed by atoms with E-state index in [1.165, 1.54) is 6.20 Å². The highest BCUT2D eigenvalue weighted by molar-refractivity contribution is 6.30. The molecule has 1 aromatic rings. The van der Waals surface area contributed by atoms with Gasteiger partial charge in [-0.15, -0.1) is 0 Å². The molecule has 6 heteroatoms. The summed E-state index contributed by atoms with van der Waals surface area (Å²) < 4.78 is 1.61. The second-order valence-electron chi connectivity index (χ2n) is 3.05. The Kier molecular flexibility index (Phi) is 3.49. The second kappa shape index (κ2) is 4.43. The summed E-state index contributed by atoms with van der Waals surface area (Å²) >= 11 is 5.71. The molecular weight excluding hydrogens is 204 g/mol. The van der Waals surface area contributed by atoms with E-state index in [2.05, 4.69) is 10.4 Å². The lowest BCUT2D eigenvalue weighted by atomic mass is 10.1. The number of likely N-dealkylation sites (N-methyl/N-ethyl adjacent to an activating group) is 1. The summed E-state index contributed by atoms with van der Waals surface area (Å²) in [6.45, 7) is 1.84. The number of nitrogens with two attached hydrogens (primary N) is 1. The average Bonchev–Trinajstić information content (AvgIpc) is 2.52. The summed E-state index contributed by atoms with van der Waals surface area (Å²) in [5, 5.41) is 7.37. The van der Waals surface area contributed by atoms with Crippen molar-refractivity contribution in [2.75, 3.05) is 7.05 Å². The van der Waals surface area contributed by atoms with E-state index in [1.54, 1.807) is 17.9 Å². The van der Waals surface area contributed by atoms with Crippen LogP contribution in [-0.2, 0) is 4.79 Å². The summed E-state index contributed by atoms with van der Waals surface area (Å²) in [6.07, 6.45) is 3.17. The van der Waals surface area contributed by atoms with E-state index >= 15 is 0 Å². The number of amides is 1. The molecule has 2 atom stereocenters. The summed E-state index contributed by atoms with van der Waals surface area (Å²) in [6, 6.07) is -0.615. The van der Waals surface area contributed by atoms with Crippen LogP contribution in [0, 0.1) is 0 Å². The summed E-state index contributed by atoms with van der Waals surface area (Å²) in [5.74, 6) is -0.411. The lowest BCUT2D eigenvalue weighted by molar-refractivity contribution is -0.120. The Morgan fingerprint density at radius 2 is 2.43 bits per heavy atom. The Morgan fingerprint density at radius 1 is 1.79 bits per heavy atom. The molecule has 1 rings (SSSR count). The van der Waals surface area contributed by atoms with Crippen LogP contribution >= 0.6 is 11.6 Å². The van der Waals surface area contributed by atoms with Gasteiger partial charge in [0.2, 0.25) is 5.91 Å². The molecule has 0 fully saturated rings. The minimum Gasteiger partial charge on any atom is -0.368 e. The van der Waals surface area contributed by atoms with Gasteiger partial charge in [0, 0.05) is 6.20 Å². The van der Waals surface area contributed by atoms with Crippen LogP contribution in [-0.4, -0.2) is 28.8 Å². The lowest BCUT2D eigenvalue weighted by Gasteiger charge is -2.20. The third kappa shape index (κ3) is 2.24. The van der Waals surface area contributed by atoms with Crippen molar-refractivity contribution in [3.63, 3.8) is 0 Å². The monoisotopic (exact) mass is 216 g/mol. The van der Waals surface area contributed by atoms with Crippen molar-refractivity contribution >= 4 is 17.5 Å². The molecule has 0 aliphatic rings. The van der Waals surface area contributed by atoms with E-state index in [9.17, 15) is 4.79 Å². The number of nitrogens with one attached hydrogen (secondary N) is 1. The summed E-state index contributed by atoms with van der Waals surface area (Å²) in [5.41, 5.74) is 5.22. The third-order valence-electron chi connectivity index (χ3n) is 2.09. The van der Waals surface area contributed by atoms with E-state index in [0.717, 1.165) is 0 Å². The Balaban J connectivity index is 2.82. The normalized spacial score (nSPS) is 15.1. The number of nitrogens with zero attached hydrogens (tertiary/aromatic N) is 2. The van der Waals surface area contributed by atoms with Gasteiger partial charge >= 0.3 is 0 Å². The highest BCUT2D eigenvalue weighted by Crippen LogP contribution is 2.13. The van der Waals surface area contributed by atoms with Gasteiger partial charge in [0.1, 0.15) is 6.04 Å². The molecule has 0 spiro atoms. The largest absolute Gasteiger partial charge is 0.368 e. The van der Waals surface area contributed by atoms with Crippen LogP contribution in [0.25, 0.3) is 0 Å². The van der Waals surface area contributed by atoms with Crippen molar-refractivity contribution in [2.45, 2.75) is 19.0 Å². The Hall–Kier alpha value is -1.07. The standard InChI is InChI=1S/C8H13ClN4O/c1-5(7(11-2)8(10)14)13-4-6(9)3-12-13/h3-5,7,11H,1-2H3,(H2,10,14). The zero-order valence-electron chi connectivity index (χ0n) is 8.07. The average molecular weight is 217 g/mol. The molecule has 14 heavy (non-hydrogen) atoms. The molecular formula is C8H13ClN4O. The fraction of sp³-hybridized carbons (Fsp3) is 0.500. The molecule has 2 unspecified atom stereocenters. The first-order valence-corrected chi connectivity index (χ1v) is 4.60. The smallest absolute Gasteiger partial charge is 0.236 e. The molecule has 0 bridgehead atoms. The van der Waals surface area contributed by atoms with E-state index in [4.69, 9.17) is 17.3 Å². The fourth-order valence-corrected chi connectivity index (χ4v) is 1.46. The van der Waals surface area contributed by atoms with Gasteiger partial charge in [-0.25, -0.2) is 0 Å². The van der Waals surface area contributed by atoms with Gasteiger partial charge in [0.05, 0.1) is 17.3 Å². The van der Waals surface area contributed by atoms with Crippen molar-refractivity contribution < 1.29 is 4.79 Å². The van der Waals surface area contributed by atoms with Crippen molar-refractivity contribution in [1.29, 1.82) is 0 Å². The number of hydrogen-bond acceptors (Lipinski definition) is 3. The molecule has 1 aromatic heterocycles. The quantitative estimate of drug-likeness (QED) is 0.754. The molecule has 78 valence electrons. The lowest BCUT2D eigenvalue weighted by Crippen LogP contribution is -2.44. The molecule has 1 amide bonds. The van der Waals surface area contributed by atoms with Gasteiger partial charge in [-0.05, 0) is 14.0 Å². The van der Waals surface area contributed by atoms with Crippen LogP contribution in [0.4, 0.5) is 0 Å². The minimum absolute atomic E-state index is 0.162. The maximum absolute atomic E-state index is 11.0. The SMILES string of the molecule is CNC(C(N)=O)C(C)n1cc(Cl)cn1. The van der Waals surface area contributed by atoms with Crippen molar-refractivity contribution in [2.24, 2.45) is 5.73 Å². The first-order valence-electron chi connectivity index (χ1n) is 4.22. The van der Waals surface area contributed by atoms with Crippen molar-refractivity contribution in [3.8, 4) is 0 Å². The zero-order valence-corrected chi connectivity index (χ0v) is 8.82. The number of rotatable bonds is 4. The molecule has 0 aromatic carbocycles. The van der Waals surface area contributed by atoms with Crippen LogP contribution in [0.3, 0.4) is 0 Å².